The first-order chi connectivity index (χ1) is 8.60. The Hall–Kier alpha value is -1.13. The van der Waals surface area contributed by atoms with Crippen LogP contribution in [0.5, 0.6) is 0 Å². The van der Waals surface area contributed by atoms with Crippen molar-refractivity contribution in [1.82, 2.24) is 4.98 Å². The van der Waals surface area contributed by atoms with Crippen LogP contribution in [0.1, 0.15) is 6.42 Å². The quantitative estimate of drug-likeness (QED) is 0.929. The predicted octanol–water partition coefficient (Wildman–Crippen LogP) is 4.03. The number of thiophene rings is 1. The molecule has 2 heterocycles. The predicted molar refractivity (Wildman–Crippen MR) is 74.3 cm³/mol. The molecular formula is C10H5Cl2N3OS2. The number of amides is 1. The fourth-order valence-corrected chi connectivity index (χ4v) is 3.41. The van der Waals surface area contributed by atoms with Gasteiger partial charge in [-0.1, -0.05) is 23.2 Å². The van der Waals surface area contributed by atoms with Crippen molar-refractivity contribution >= 4 is 56.9 Å². The Balaban J connectivity index is 2.18. The fourth-order valence-electron chi connectivity index (χ4n) is 1.21. The van der Waals surface area contributed by atoms with Crippen LogP contribution in [0.25, 0.3) is 11.3 Å². The number of nitrogens with one attached hydrogen (secondary N) is 1. The third-order valence-electron chi connectivity index (χ3n) is 1.92. The lowest BCUT2D eigenvalue weighted by atomic mass is 10.3. The number of halogens is 2. The van der Waals surface area contributed by atoms with Crippen LogP contribution < -0.4 is 5.32 Å². The molecule has 2 aromatic rings. The molecule has 0 aliphatic rings. The van der Waals surface area contributed by atoms with Gasteiger partial charge in [0.05, 0.1) is 16.1 Å². The maximum Gasteiger partial charge on any atom is 0.240 e. The molecule has 0 atom stereocenters. The summed E-state index contributed by atoms with van der Waals surface area (Å²) in [5.74, 6) is -0.382. The number of rotatable bonds is 3. The molecule has 0 aliphatic carbocycles. The first kappa shape index (κ1) is 13.3. The van der Waals surface area contributed by atoms with Gasteiger partial charge in [0.1, 0.15) is 10.8 Å². The molecule has 92 valence electrons. The van der Waals surface area contributed by atoms with E-state index in [1.54, 1.807) is 17.5 Å². The summed E-state index contributed by atoms with van der Waals surface area (Å²) >= 11 is 14.4. The minimum Gasteiger partial charge on any atom is -0.301 e. The monoisotopic (exact) mass is 317 g/mol. The van der Waals surface area contributed by atoms with Crippen LogP contribution in [0.3, 0.4) is 0 Å². The topological polar surface area (TPSA) is 65.8 Å². The van der Waals surface area contributed by atoms with Gasteiger partial charge < -0.3 is 5.32 Å². The van der Waals surface area contributed by atoms with Crippen LogP contribution in [0.4, 0.5) is 5.13 Å². The van der Waals surface area contributed by atoms with Gasteiger partial charge in [-0.15, -0.1) is 22.7 Å². The number of nitrogens with zero attached hydrogens (tertiary/aromatic N) is 2. The van der Waals surface area contributed by atoms with E-state index in [0.29, 0.717) is 19.5 Å². The molecule has 0 unspecified atom stereocenters. The maximum absolute atomic E-state index is 11.2. The highest BCUT2D eigenvalue weighted by Crippen LogP contribution is 2.38. The zero-order valence-electron chi connectivity index (χ0n) is 8.74. The zero-order chi connectivity index (χ0) is 13.1. The zero-order valence-corrected chi connectivity index (χ0v) is 11.9. The number of thiazole rings is 1. The standard InChI is InChI=1S/C10H5Cl2N3OS2/c11-7-3-5(9(12)18-7)6-4-17-10(14-6)15-8(16)1-2-13/h3-4H,1H2,(H,14,15,16). The molecule has 8 heteroatoms. The van der Waals surface area contributed by atoms with E-state index in [1.165, 1.54) is 22.7 Å². The third kappa shape index (κ3) is 3.00. The molecule has 0 radical (unpaired) electrons. The van der Waals surface area contributed by atoms with Crippen LogP contribution in [0.15, 0.2) is 11.4 Å². The largest absolute Gasteiger partial charge is 0.301 e. The Morgan fingerprint density at radius 1 is 1.56 bits per heavy atom. The van der Waals surface area contributed by atoms with Crippen molar-refractivity contribution in [1.29, 1.82) is 5.26 Å². The van der Waals surface area contributed by atoms with Crippen molar-refractivity contribution in [3.8, 4) is 17.3 Å². The van der Waals surface area contributed by atoms with Gasteiger partial charge in [-0.25, -0.2) is 4.98 Å². The van der Waals surface area contributed by atoms with E-state index >= 15 is 0 Å². The average Bonchev–Trinajstić information content (AvgIpc) is 2.85. The summed E-state index contributed by atoms with van der Waals surface area (Å²) in [6.45, 7) is 0. The van der Waals surface area contributed by atoms with Gasteiger partial charge in [-0.3, -0.25) is 4.79 Å². The summed E-state index contributed by atoms with van der Waals surface area (Å²) in [7, 11) is 0. The molecule has 0 saturated heterocycles. The molecule has 1 N–H and O–H groups in total. The van der Waals surface area contributed by atoms with Gasteiger partial charge in [0.25, 0.3) is 0 Å². The van der Waals surface area contributed by atoms with Gasteiger partial charge in [-0.2, -0.15) is 5.26 Å². The van der Waals surface area contributed by atoms with Gasteiger partial charge in [0.15, 0.2) is 5.13 Å². The molecule has 4 nitrogen and oxygen atoms in total. The number of carbonyl (C=O) groups excluding carboxylic acids is 1. The second-order valence-corrected chi connectivity index (χ2v) is 6.30. The minimum atomic E-state index is -0.382. The molecule has 0 spiro atoms. The highest BCUT2D eigenvalue weighted by Gasteiger charge is 2.13. The van der Waals surface area contributed by atoms with Crippen LogP contribution in [-0.4, -0.2) is 10.9 Å². The molecule has 0 aromatic carbocycles. The van der Waals surface area contributed by atoms with Crippen molar-refractivity contribution in [3.63, 3.8) is 0 Å². The second kappa shape index (κ2) is 5.67. The minimum absolute atomic E-state index is 0.194. The van der Waals surface area contributed by atoms with Crippen molar-refractivity contribution in [2.24, 2.45) is 0 Å². The molecule has 18 heavy (non-hydrogen) atoms. The maximum atomic E-state index is 11.2. The molecular weight excluding hydrogens is 313 g/mol. The average molecular weight is 318 g/mol. The number of hydrogen-bond donors (Lipinski definition) is 1. The summed E-state index contributed by atoms with van der Waals surface area (Å²) in [4.78, 5) is 15.4. The molecule has 2 aromatic heterocycles. The first-order valence-corrected chi connectivity index (χ1v) is 7.13. The molecule has 0 aliphatic heterocycles. The third-order valence-corrected chi connectivity index (χ3v) is 4.17. The van der Waals surface area contributed by atoms with Gasteiger partial charge in [0, 0.05) is 10.9 Å². The van der Waals surface area contributed by atoms with E-state index in [1.807, 2.05) is 0 Å². The fraction of sp³-hybridized carbons (Fsp3) is 0.100. The van der Waals surface area contributed by atoms with Crippen molar-refractivity contribution in [2.75, 3.05) is 5.32 Å². The highest BCUT2D eigenvalue weighted by atomic mass is 35.5. The lowest BCUT2D eigenvalue weighted by molar-refractivity contribution is -0.115. The number of nitriles is 1. The Bertz CT molecular complexity index is 629. The summed E-state index contributed by atoms with van der Waals surface area (Å²) in [5, 5.41) is 13.1. The SMILES string of the molecule is N#CCC(=O)Nc1nc(-c2cc(Cl)sc2Cl)cs1. The van der Waals surface area contributed by atoms with Gasteiger partial charge in [0.2, 0.25) is 5.91 Å². The van der Waals surface area contributed by atoms with Crippen LogP contribution in [0.2, 0.25) is 8.67 Å². The van der Waals surface area contributed by atoms with E-state index in [9.17, 15) is 4.79 Å². The molecule has 0 fully saturated rings. The number of aromatic nitrogens is 1. The number of carbonyl (C=O) groups is 1. The Labute approximate surface area is 121 Å². The van der Waals surface area contributed by atoms with Crippen molar-refractivity contribution in [2.45, 2.75) is 6.42 Å². The van der Waals surface area contributed by atoms with E-state index in [4.69, 9.17) is 28.5 Å². The van der Waals surface area contributed by atoms with Crippen molar-refractivity contribution in [3.05, 3.63) is 20.1 Å². The lowest BCUT2D eigenvalue weighted by Gasteiger charge is -1.95. The molecule has 0 saturated carbocycles. The highest BCUT2D eigenvalue weighted by molar-refractivity contribution is 7.20. The Morgan fingerprint density at radius 3 is 2.94 bits per heavy atom. The first-order valence-electron chi connectivity index (χ1n) is 4.67. The smallest absolute Gasteiger partial charge is 0.240 e. The van der Waals surface area contributed by atoms with Gasteiger partial charge in [-0.05, 0) is 6.07 Å². The van der Waals surface area contributed by atoms with E-state index in [-0.39, 0.29) is 12.3 Å². The van der Waals surface area contributed by atoms with Crippen LogP contribution in [-0.2, 0) is 4.79 Å². The Morgan fingerprint density at radius 2 is 2.33 bits per heavy atom. The molecule has 0 bridgehead atoms. The van der Waals surface area contributed by atoms with E-state index in [0.717, 1.165) is 5.56 Å². The van der Waals surface area contributed by atoms with E-state index in [2.05, 4.69) is 10.3 Å². The second-order valence-electron chi connectivity index (χ2n) is 3.16. The van der Waals surface area contributed by atoms with E-state index < -0.39 is 0 Å². The molecule has 1 amide bonds. The summed E-state index contributed by atoms with van der Waals surface area (Å²) in [6, 6.07) is 3.49. The Kier molecular flexibility index (Phi) is 4.19. The normalized spacial score (nSPS) is 10.1. The lowest BCUT2D eigenvalue weighted by Crippen LogP contribution is -2.09. The van der Waals surface area contributed by atoms with Crippen molar-refractivity contribution < 1.29 is 4.79 Å². The number of hydrogen-bond acceptors (Lipinski definition) is 5. The van der Waals surface area contributed by atoms with Crippen LogP contribution >= 0.6 is 45.9 Å². The molecule has 2 rings (SSSR count). The summed E-state index contributed by atoms with van der Waals surface area (Å²) in [6.07, 6.45) is -0.194. The van der Waals surface area contributed by atoms with Gasteiger partial charge >= 0.3 is 0 Å². The number of anilines is 1. The summed E-state index contributed by atoms with van der Waals surface area (Å²) < 4.78 is 1.14. The summed E-state index contributed by atoms with van der Waals surface area (Å²) in [5.41, 5.74) is 1.39. The van der Waals surface area contributed by atoms with Crippen LogP contribution in [0, 0.1) is 11.3 Å².